The van der Waals surface area contributed by atoms with E-state index in [9.17, 15) is 4.79 Å². The van der Waals surface area contributed by atoms with Crippen LogP contribution in [0.1, 0.15) is 5.56 Å². The van der Waals surface area contributed by atoms with Gasteiger partial charge in [0.05, 0.1) is 23.3 Å². The van der Waals surface area contributed by atoms with Crippen LogP contribution in [0, 0.1) is 0 Å². The Bertz CT molecular complexity index is 463. The van der Waals surface area contributed by atoms with Gasteiger partial charge < -0.3 is 11.1 Å². The quantitative estimate of drug-likeness (QED) is 0.715. The molecule has 0 radical (unpaired) electrons. The number of carbonyl (C=O) groups excluding carboxylic acids is 1. The van der Waals surface area contributed by atoms with Gasteiger partial charge >= 0.3 is 0 Å². The number of aromatic nitrogens is 2. The Balaban J connectivity index is 2.05. The number of primary amides is 1. The van der Waals surface area contributed by atoms with Crippen molar-refractivity contribution in [3.8, 4) is 10.6 Å². The smallest absolute Gasteiger partial charge is 0.231 e. The summed E-state index contributed by atoms with van der Waals surface area (Å²) in [5.74, 6) is -0.360. The minimum atomic E-state index is -0.360. The van der Waals surface area contributed by atoms with Crippen LogP contribution >= 0.6 is 11.3 Å². The van der Waals surface area contributed by atoms with E-state index in [2.05, 4.69) is 15.5 Å². The lowest BCUT2D eigenvalue weighted by Gasteiger charge is -2.01. The van der Waals surface area contributed by atoms with Crippen LogP contribution in [-0.4, -0.2) is 22.6 Å². The molecule has 2 aromatic heterocycles. The van der Waals surface area contributed by atoms with Crippen molar-refractivity contribution in [2.75, 3.05) is 6.54 Å². The van der Waals surface area contributed by atoms with Gasteiger partial charge in [0, 0.05) is 12.1 Å². The lowest BCUT2D eigenvalue weighted by atomic mass is 10.2. The van der Waals surface area contributed by atoms with E-state index in [-0.39, 0.29) is 12.5 Å². The maximum Gasteiger partial charge on any atom is 0.231 e. The van der Waals surface area contributed by atoms with Gasteiger partial charge in [-0.1, -0.05) is 6.07 Å². The van der Waals surface area contributed by atoms with Crippen molar-refractivity contribution in [3.63, 3.8) is 0 Å². The van der Waals surface area contributed by atoms with Crippen molar-refractivity contribution >= 4 is 17.2 Å². The van der Waals surface area contributed by atoms with Crippen LogP contribution in [0.15, 0.2) is 23.7 Å². The topological polar surface area (TPSA) is 83.8 Å². The maximum atomic E-state index is 10.6. The summed E-state index contributed by atoms with van der Waals surface area (Å²) in [5, 5.41) is 11.9. The average molecular weight is 236 g/mol. The summed E-state index contributed by atoms with van der Waals surface area (Å²) in [7, 11) is 0. The van der Waals surface area contributed by atoms with E-state index in [1.165, 1.54) is 0 Å². The van der Waals surface area contributed by atoms with Crippen molar-refractivity contribution in [2.45, 2.75) is 6.54 Å². The molecule has 6 heteroatoms. The Labute approximate surface area is 96.7 Å². The molecule has 0 atom stereocenters. The summed E-state index contributed by atoms with van der Waals surface area (Å²) in [6.45, 7) is 0.752. The van der Waals surface area contributed by atoms with Gasteiger partial charge in [0.15, 0.2) is 0 Å². The molecular weight excluding hydrogens is 224 g/mol. The number of hydrogen-bond donors (Lipinski definition) is 3. The minimum Gasteiger partial charge on any atom is -0.369 e. The third kappa shape index (κ3) is 2.47. The molecule has 0 aromatic carbocycles. The molecule has 4 N–H and O–H groups in total. The predicted octanol–water partition coefficient (Wildman–Crippen LogP) is 0.713. The number of nitrogens with two attached hydrogens (primary N) is 1. The number of hydrogen-bond acceptors (Lipinski definition) is 4. The summed E-state index contributed by atoms with van der Waals surface area (Å²) in [6, 6.07) is 4.01. The molecule has 16 heavy (non-hydrogen) atoms. The van der Waals surface area contributed by atoms with E-state index in [1.807, 2.05) is 17.5 Å². The highest BCUT2D eigenvalue weighted by Crippen LogP contribution is 2.25. The number of carbonyl (C=O) groups is 1. The van der Waals surface area contributed by atoms with Crippen molar-refractivity contribution in [2.24, 2.45) is 5.73 Å². The predicted molar refractivity (Wildman–Crippen MR) is 62.8 cm³/mol. The summed E-state index contributed by atoms with van der Waals surface area (Å²) in [6.07, 6.45) is 1.75. The number of aromatic amines is 1. The molecule has 2 heterocycles. The largest absolute Gasteiger partial charge is 0.369 e. The molecule has 84 valence electrons. The van der Waals surface area contributed by atoms with Gasteiger partial charge in [0.2, 0.25) is 5.91 Å². The molecular formula is C10H12N4OS. The van der Waals surface area contributed by atoms with E-state index < -0.39 is 0 Å². The van der Waals surface area contributed by atoms with E-state index in [0.717, 1.165) is 16.1 Å². The van der Waals surface area contributed by atoms with E-state index in [0.29, 0.717) is 6.54 Å². The molecule has 0 fully saturated rings. The first-order valence-corrected chi connectivity index (χ1v) is 5.70. The highest BCUT2D eigenvalue weighted by Gasteiger charge is 2.08. The molecule has 0 aliphatic carbocycles. The lowest BCUT2D eigenvalue weighted by molar-refractivity contribution is -0.117. The molecule has 2 rings (SSSR count). The standard InChI is InChI=1S/C10H12N4OS/c11-9(15)6-12-4-7-5-13-14-10(7)8-2-1-3-16-8/h1-3,5,12H,4,6H2,(H2,11,15)(H,13,14). The molecule has 5 nitrogen and oxygen atoms in total. The van der Waals surface area contributed by atoms with E-state index >= 15 is 0 Å². The van der Waals surface area contributed by atoms with Gasteiger partial charge in [0.1, 0.15) is 0 Å². The average Bonchev–Trinajstić information content (AvgIpc) is 2.84. The second kappa shape index (κ2) is 4.91. The van der Waals surface area contributed by atoms with Crippen LogP contribution in [0.5, 0.6) is 0 Å². The number of rotatable bonds is 5. The highest BCUT2D eigenvalue weighted by molar-refractivity contribution is 7.13. The van der Waals surface area contributed by atoms with Crippen molar-refractivity contribution < 1.29 is 4.79 Å². The van der Waals surface area contributed by atoms with Crippen LogP contribution in [0.25, 0.3) is 10.6 Å². The fourth-order valence-corrected chi connectivity index (χ4v) is 2.16. The number of nitrogens with zero attached hydrogens (tertiary/aromatic N) is 1. The number of nitrogens with one attached hydrogen (secondary N) is 2. The number of H-pyrrole nitrogens is 1. The van der Waals surface area contributed by atoms with Crippen LogP contribution in [-0.2, 0) is 11.3 Å². The number of amides is 1. The zero-order chi connectivity index (χ0) is 11.4. The van der Waals surface area contributed by atoms with Gasteiger partial charge in [-0.25, -0.2) is 0 Å². The second-order valence-electron chi connectivity index (χ2n) is 3.32. The molecule has 0 aliphatic heterocycles. The second-order valence-corrected chi connectivity index (χ2v) is 4.27. The maximum absolute atomic E-state index is 10.6. The Hall–Kier alpha value is -1.66. The van der Waals surface area contributed by atoms with Gasteiger partial charge in [0.25, 0.3) is 0 Å². The molecule has 0 saturated carbocycles. The summed E-state index contributed by atoms with van der Waals surface area (Å²) in [4.78, 5) is 11.7. The van der Waals surface area contributed by atoms with E-state index in [4.69, 9.17) is 5.73 Å². The van der Waals surface area contributed by atoms with Crippen LogP contribution in [0.3, 0.4) is 0 Å². The Morgan fingerprint density at radius 3 is 3.19 bits per heavy atom. The summed E-state index contributed by atoms with van der Waals surface area (Å²) >= 11 is 1.64. The SMILES string of the molecule is NC(=O)CNCc1cn[nH]c1-c1cccs1. The first-order chi connectivity index (χ1) is 7.77. The van der Waals surface area contributed by atoms with Crippen LogP contribution in [0.2, 0.25) is 0 Å². The minimum absolute atomic E-state index is 0.176. The Morgan fingerprint density at radius 1 is 1.62 bits per heavy atom. The zero-order valence-electron chi connectivity index (χ0n) is 8.56. The molecule has 0 spiro atoms. The molecule has 0 unspecified atom stereocenters. The van der Waals surface area contributed by atoms with Crippen LogP contribution < -0.4 is 11.1 Å². The molecule has 0 saturated heterocycles. The van der Waals surface area contributed by atoms with E-state index in [1.54, 1.807) is 17.5 Å². The third-order valence-electron chi connectivity index (χ3n) is 2.10. The molecule has 0 bridgehead atoms. The fraction of sp³-hybridized carbons (Fsp3) is 0.200. The van der Waals surface area contributed by atoms with Crippen molar-refractivity contribution in [1.29, 1.82) is 0 Å². The van der Waals surface area contributed by atoms with Gasteiger partial charge in [-0.2, -0.15) is 5.10 Å². The fourth-order valence-electron chi connectivity index (χ4n) is 1.40. The van der Waals surface area contributed by atoms with Crippen LogP contribution in [0.4, 0.5) is 0 Å². The summed E-state index contributed by atoms with van der Waals surface area (Å²) in [5.41, 5.74) is 7.07. The Morgan fingerprint density at radius 2 is 2.50 bits per heavy atom. The van der Waals surface area contributed by atoms with Gasteiger partial charge in [-0.15, -0.1) is 11.3 Å². The number of thiophene rings is 1. The Kier molecular flexibility index (Phi) is 3.33. The lowest BCUT2D eigenvalue weighted by Crippen LogP contribution is -2.28. The monoisotopic (exact) mass is 236 g/mol. The molecule has 1 amide bonds. The first kappa shape index (κ1) is 10.8. The highest BCUT2D eigenvalue weighted by atomic mass is 32.1. The third-order valence-corrected chi connectivity index (χ3v) is 2.99. The van der Waals surface area contributed by atoms with Gasteiger partial charge in [-0.3, -0.25) is 9.89 Å². The van der Waals surface area contributed by atoms with Gasteiger partial charge in [-0.05, 0) is 11.4 Å². The summed E-state index contributed by atoms with van der Waals surface area (Å²) < 4.78 is 0. The molecule has 2 aromatic rings. The normalized spacial score (nSPS) is 10.5. The van der Waals surface area contributed by atoms with Crippen molar-refractivity contribution in [1.82, 2.24) is 15.5 Å². The zero-order valence-corrected chi connectivity index (χ0v) is 9.38. The molecule has 0 aliphatic rings. The first-order valence-electron chi connectivity index (χ1n) is 4.82. The van der Waals surface area contributed by atoms with Crippen molar-refractivity contribution in [3.05, 3.63) is 29.3 Å².